The second kappa shape index (κ2) is 5.16. The summed E-state index contributed by atoms with van der Waals surface area (Å²) in [7, 11) is 0. The van der Waals surface area contributed by atoms with Crippen molar-refractivity contribution in [3.8, 4) is 17.2 Å². The molecule has 132 valence electrons. The predicted molar refractivity (Wildman–Crippen MR) is 98.8 cm³/mol. The van der Waals surface area contributed by atoms with Gasteiger partial charge in [-0.2, -0.15) is 0 Å². The second-order valence-electron chi connectivity index (χ2n) is 7.33. The molecule has 1 spiro atoms. The summed E-state index contributed by atoms with van der Waals surface area (Å²) in [5.41, 5.74) is 3.36. The summed E-state index contributed by atoms with van der Waals surface area (Å²) in [6.45, 7) is 2.74. The summed E-state index contributed by atoms with van der Waals surface area (Å²) in [5, 5.41) is 0. The maximum Gasteiger partial charge on any atom is 0.231 e. The van der Waals surface area contributed by atoms with Gasteiger partial charge >= 0.3 is 0 Å². The van der Waals surface area contributed by atoms with Crippen molar-refractivity contribution in [2.45, 2.75) is 24.7 Å². The number of anilines is 1. The van der Waals surface area contributed by atoms with Gasteiger partial charge in [0.25, 0.3) is 0 Å². The molecule has 2 aromatic carbocycles. The van der Waals surface area contributed by atoms with Crippen LogP contribution in [0.15, 0.2) is 41.4 Å². The van der Waals surface area contributed by atoms with Crippen LogP contribution in [0, 0.1) is 0 Å². The van der Waals surface area contributed by atoms with E-state index in [0.717, 1.165) is 48.2 Å². The Labute approximate surface area is 152 Å². The van der Waals surface area contributed by atoms with E-state index in [0.29, 0.717) is 6.61 Å². The second-order valence-corrected chi connectivity index (χ2v) is 7.33. The van der Waals surface area contributed by atoms with Gasteiger partial charge in [0.15, 0.2) is 11.5 Å². The Hall–Kier alpha value is -2.69. The first-order valence-electron chi connectivity index (χ1n) is 9.37. The zero-order chi connectivity index (χ0) is 17.1. The van der Waals surface area contributed by atoms with Gasteiger partial charge in [-0.05, 0) is 37.0 Å². The van der Waals surface area contributed by atoms with E-state index in [1.165, 1.54) is 24.1 Å². The normalized spacial score (nSPS) is 25.1. The van der Waals surface area contributed by atoms with E-state index >= 15 is 0 Å². The molecule has 0 fully saturated rings. The highest BCUT2D eigenvalue weighted by atomic mass is 16.7. The molecule has 1 atom stereocenters. The van der Waals surface area contributed by atoms with Crippen LogP contribution in [-0.4, -0.2) is 32.3 Å². The Morgan fingerprint density at radius 3 is 2.73 bits per heavy atom. The van der Waals surface area contributed by atoms with Crippen LogP contribution in [0.3, 0.4) is 0 Å². The minimum atomic E-state index is -0.343. The lowest BCUT2D eigenvalue weighted by molar-refractivity contribution is 0.173. The number of rotatable bonds is 0. The number of fused-ring (bicyclic) bond motifs is 8. The Balaban J connectivity index is 1.62. The van der Waals surface area contributed by atoms with Crippen LogP contribution in [-0.2, 0) is 5.41 Å². The molecule has 2 aromatic rings. The van der Waals surface area contributed by atoms with E-state index in [-0.39, 0.29) is 12.2 Å². The van der Waals surface area contributed by atoms with Gasteiger partial charge in [-0.1, -0.05) is 18.2 Å². The fraction of sp³-hybridized carbons (Fsp3) is 0.381. The zero-order valence-electron chi connectivity index (χ0n) is 14.5. The SMILES string of the molecule is c1ccc2c(c1)N1CCCCCN=C1C21COc2cc3c(cc21)OCO3. The Kier molecular flexibility index (Phi) is 2.87. The molecule has 0 saturated heterocycles. The summed E-state index contributed by atoms with van der Waals surface area (Å²) in [6, 6.07) is 12.8. The number of hydrogen-bond acceptors (Lipinski definition) is 5. The third-order valence-corrected chi connectivity index (χ3v) is 5.97. The molecule has 0 amide bonds. The molecule has 0 saturated carbocycles. The lowest BCUT2D eigenvalue weighted by Gasteiger charge is -2.29. The standard InChI is InChI=1S/C21H20N2O3/c1-4-8-22-20-21(14-6-2-3-7-16(14)23(20)9-5-1)12-24-17-11-19-18(10-15(17)21)25-13-26-19/h2-3,6-7,10-11H,1,4-5,8-9,12-13H2. The number of amidine groups is 1. The van der Waals surface area contributed by atoms with E-state index < -0.39 is 0 Å². The third kappa shape index (κ3) is 1.73. The largest absolute Gasteiger partial charge is 0.491 e. The number of para-hydroxylation sites is 1. The molecule has 0 bridgehead atoms. The average molecular weight is 348 g/mol. The Bertz CT molecular complexity index is 939. The molecule has 5 nitrogen and oxygen atoms in total. The van der Waals surface area contributed by atoms with Gasteiger partial charge in [-0.25, -0.2) is 0 Å². The quantitative estimate of drug-likeness (QED) is 0.731. The van der Waals surface area contributed by atoms with Gasteiger partial charge in [0, 0.05) is 30.4 Å². The molecule has 0 aromatic heterocycles. The van der Waals surface area contributed by atoms with Crippen LogP contribution in [0.25, 0.3) is 0 Å². The van der Waals surface area contributed by atoms with Crippen molar-refractivity contribution in [3.05, 3.63) is 47.5 Å². The van der Waals surface area contributed by atoms with Crippen LogP contribution in [0.5, 0.6) is 17.2 Å². The van der Waals surface area contributed by atoms with E-state index in [1.54, 1.807) is 0 Å². The van der Waals surface area contributed by atoms with Gasteiger partial charge in [0.2, 0.25) is 6.79 Å². The fourth-order valence-corrected chi connectivity index (χ4v) is 4.77. The van der Waals surface area contributed by atoms with Gasteiger partial charge in [0.1, 0.15) is 23.6 Å². The van der Waals surface area contributed by atoms with Crippen molar-refractivity contribution in [2.24, 2.45) is 4.99 Å². The Morgan fingerprint density at radius 1 is 0.885 bits per heavy atom. The molecule has 0 radical (unpaired) electrons. The van der Waals surface area contributed by atoms with Crippen LogP contribution in [0.2, 0.25) is 0 Å². The zero-order valence-corrected chi connectivity index (χ0v) is 14.5. The molecular weight excluding hydrogens is 328 g/mol. The molecule has 4 aliphatic rings. The molecule has 4 aliphatic heterocycles. The highest BCUT2D eigenvalue weighted by Crippen LogP contribution is 2.55. The lowest BCUT2D eigenvalue weighted by atomic mass is 9.76. The Morgan fingerprint density at radius 2 is 1.77 bits per heavy atom. The highest BCUT2D eigenvalue weighted by molar-refractivity contribution is 6.14. The van der Waals surface area contributed by atoms with Crippen molar-refractivity contribution in [3.63, 3.8) is 0 Å². The molecule has 26 heavy (non-hydrogen) atoms. The first-order valence-corrected chi connectivity index (χ1v) is 9.37. The summed E-state index contributed by atoms with van der Waals surface area (Å²) in [6.07, 6.45) is 3.57. The topological polar surface area (TPSA) is 43.3 Å². The molecule has 4 heterocycles. The van der Waals surface area contributed by atoms with Crippen molar-refractivity contribution in [2.75, 3.05) is 31.4 Å². The maximum absolute atomic E-state index is 6.20. The molecule has 1 unspecified atom stereocenters. The van der Waals surface area contributed by atoms with Crippen LogP contribution < -0.4 is 19.1 Å². The smallest absolute Gasteiger partial charge is 0.231 e. The minimum Gasteiger partial charge on any atom is -0.491 e. The van der Waals surface area contributed by atoms with E-state index in [4.69, 9.17) is 19.2 Å². The van der Waals surface area contributed by atoms with Gasteiger partial charge in [-0.3, -0.25) is 4.99 Å². The first kappa shape index (κ1) is 14.5. The highest BCUT2D eigenvalue weighted by Gasteiger charge is 2.55. The van der Waals surface area contributed by atoms with E-state index in [9.17, 15) is 0 Å². The van der Waals surface area contributed by atoms with E-state index in [2.05, 4.69) is 35.2 Å². The lowest BCUT2D eigenvalue weighted by Crippen LogP contribution is -2.43. The summed E-state index contributed by atoms with van der Waals surface area (Å²) >= 11 is 0. The van der Waals surface area contributed by atoms with Gasteiger partial charge in [-0.15, -0.1) is 0 Å². The van der Waals surface area contributed by atoms with Crippen LogP contribution >= 0.6 is 0 Å². The van der Waals surface area contributed by atoms with Crippen molar-refractivity contribution < 1.29 is 14.2 Å². The molecular formula is C21H20N2O3. The number of aliphatic imine (C=N–C) groups is 1. The predicted octanol–water partition coefficient (Wildman–Crippen LogP) is 3.50. The average Bonchev–Trinajstić information content (AvgIpc) is 3.30. The summed E-state index contributed by atoms with van der Waals surface area (Å²) in [5.74, 6) is 3.59. The van der Waals surface area contributed by atoms with Crippen molar-refractivity contribution in [1.82, 2.24) is 0 Å². The number of hydrogen-bond donors (Lipinski definition) is 0. The molecule has 5 heteroatoms. The third-order valence-electron chi connectivity index (χ3n) is 5.97. The number of ether oxygens (including phenoxy) is 3. The minimum absolute atomic E-state index is 0.273. The van der Waals surface area contributed by atoms with Crippen molar-refractivity contribution in [1.29, 1.82) is 0 Å². The number of benzene rings is 2. The number of nitrogens with zero attached hydrogens (tertiary/aromatic N) is 2. The maximum atomic E-state index is 6.20. The van der Waals surface area contributed by atoms with Crippen molar-refractivity contribution >= 4 is 11.5 Å². The molecule has 6 rings (SSSR count). The monoisotopic (exact) mass is 348 g/mol. The van der Waals surface area contributed by atoms with Gasteiger partial charge < -0.3 is 19.1 Å². The van der Waals surface area contributed by atoms with E-state index in [1.807, 2.05) is 6.07 Å². The van der Waals surface area contributed by atoms with Crippen LogP contribution in [0.1, 0.15) is 30.4 Å². The summed E-state index contributed by atoms with van der Waals surface area (Å²) < 4.78 is 17.4. The van der Waals surface area contributed by atoms with Gasteiger partial charge in [0.05, 0.1) is 0 Å². The molecule has 0 aliphatic carbocycles. The molecule has 0 N–H and O–H groups in total. The van der Waals surface area contributed by atoms with Crippen LogP contribution in [0.4, 0.5) is 5.69 Å². The fourth-order valence-electron chi connectivity index (χ4n) is 4.77. The first-order chi connectivity index (χ1) is 12.9. The summed E-state index contributed by atoms with van der Waals surface area (Å²) in [4.78, 5) is 7.49.